The van der Waals surface area contributed by atoms with Crippen LogP contribution in [-0.2, 0) is 0 Å². The molecule has 70 heavy (non-hydrogen) atoms. The minimum Gasteiger partial charge on any atom is -0.309 e. The van der Waals surface area contributed by atoms with Gasteiger partial charge in [-0.1, -0.05) is 212 Å². The van der Waals surface area contributed by atoms with E-state index >= 15 is 0 Å². The lowest BCUT2D eigenvalue weighted by Crippen LogP contribution is -2.12. The molecule has 14 rings (SSSR count). The van der Waals surface area contributed by atoms with Crippen molar-refractivity contribution in [3.8, 4) is 43.1 Å². The van der Waals surface area contributed by atoms with Crippen molar-refractivity contribution in [2.45, 2.75) is 0 Å². The monoisotopic (exact) mass is 905 g/mol. The highest BCUT2D eigenvalue weighted by Gasteiger charge is 2.24. The summed E-state index contributed by atoms with van der Waals surface area (Å²) >= 11 is 1.88. The van der Waals surface area contributed by atoms with Crippen LogP contribution in [0.4, 0.5) is 17.1 Å². The molecule has 0 fully saturated rings. The second-order valence-electron chi connectivity index (χ2n) is 18.3. The van der Waals surface area contributed by atoms with Gasteiger partial charge < -0.3 is 4.90 Å². The summed E-state index contributed by atoms with van der Waals surface area (Å²) in [6, 6.07) is 96.4. The fourth-order valence-electron chi connectivity index (χ4n) is 11.3. The van der Waals surface area contributed by atoms with Gasteiger partial charge in [0.2, 0.25) is 0 Å². The summed E-state index contributed by atoms with van der Waals surface area (Å²) in [5.74, 6) is 0. The maximum absolute atomic E-state index is 2.48. The maximum atomic E-state index is 2.48. The molecule has 2 heteroatoms. The minimum absolute atomic E-state index is 1.12. The molecule has 0 unspecified atom stereocenters. The number of para-hydroxylation sites is 1. The van der Waals surface area contributed by atoms with Crippen molar-refractivity contribution < 1.29 is 0 Å². The van der Waals surface area contributed by atoms with Gasteiger partial charge in [0.25, 0.3) is 0 Å². The van der Waals surface area contributed by atoms with Crippen molar-refractivity contribution in [3.63, 3.8) is 0 Å². The normalized spacial score (nSPS) is 11.7. The zero-order chi connectivity index (χ0) is 46.1. The van der Waals surface area contributed by atoms with E-state index in [0.29, 0.717) is 0 Å². The Morgan fingerprint density at radius 1 is 0.243 bits per heavy atom. The molecule has 0 aliphatic carbocycles. The highest BCUT2D eigenvalue weighted by molar-refractivity contribution is 7.19. The molecule has 14 aromatic rings. The first-order chi connectivity index (χ1) is 34.7. The molecule has 326 valence electrons. The summed E-state index contributed by atoms with van der Waals surface area (Å²) in [4.78, 5) is 4.96. The van der Waals surface area contributed by atoms with Crippen molar-refractivity contribution in [1.82, 2.24) is 0 Å². The quantitative estimate of drug-likeness (QED) is 0.144. The Balaban J connectivity index is 0.989. The van der Waals surface area contributed by atoms with Gasteiger partial charge in [0.05, 0.1) is 11.4 Å². The van der Waals surface area contributed by atoms with Gasteiger partial charge in [-0.3, -0.25) is 0 Å². The summed E-state index contributed by atoms with van der Waals surface area (Å²) in [5.41, 5.74) is 10.9. The summed E-state index contributed by atoms with van der Waals surface area (Å²) in [5, 5.41) is 17.3. The van der Waals surface area contributed by atoms with Crippen LogP contribution in [0.1, 0.15) is 0 Å². The molecule has 13 aromatic carbocycles. The van der Waals surface area contributed by atoms with Crippen LogP contribution in [0.3, 0.4) is 0 Å². The van der Waals surface area contributed by atoms with Crippen LogP contribution in [0.5, 0.6) is 0 Å². The lowest BCUT2D eigenvalue weighted by atomic mass is 9.84. The lowest BCUT2D eigenvalue weighted by Gasteiger charge is -2.30. The van der Waals surface area contributed by atoms with E-state index in [2.05, 4.69) is 266 Å². The van der Waals surface area contributed by atoms with Gasteiger partial charge in [-0.15, -0.1) is 11.3 Å². The molecular formula is C68H43NS. The molecule has 1 aromatic heterocycles. The third kappa shape index (κ3) is 6.53. The third-order valence-corrected chi connectivity index (χ3v) is 15.5. The lowest BCUT2D eigenvalue weighted by molar-refractivity contribution is 1.33. The van der Waals surface area contributed by atoms with Crippen LogP contribution in [0.2, 0.25) is 0 Å². The zero-order valence-corrected chi connectivity index (χ0v) is 39.0. The summed E-state index contributed by atoms with van der Waals surface area (Å²) in [6.45, 7) is 0. The predicted molar refractivity (Wildman–Crippen MR) is 303 cm³/mol. The SMILES string of the molecule is c1ccc(N(c2cccc3ccccc23)c2c3ccccc3c(-c3ccc(-c4ccc5c(-c6ccc7ccccc7c6)c6ccccc6c(-c6ccc7ccccc7c6)c5c4)s3)c3ccccc23)cc1. The van der Waals surface area contributed by atoms with Crippen molar-refractivity contribution in [2.24, 2.45) is 0 Å². The first kappa shape index (κ1) is 40.3. The van der Waals surface area contributed by atoms with Gasteiger partial charge in [-0.05, 0) is 136 Å². The Morgan fingerprint density at radius 2 is 0.686 bits per heavy atom. The van der Waals surface area contributed by atoms with Gasteiger partial charge in [-0.2, -0.15) is 0 Å². The number of anilines is 3. The van der Waals surface area contributed by atoms with Crippen LogP contribution in [0.15, 0.2) is 261 Å². The molecule has 1 nitrogen and oxygen atoms in total. The Labute approximate surface area is 410 Å². The van der Waals surface area contributed by atoms with E-state index < -0.39 is 0 Å². The van der Waals surface area contributed by atoms with E-state index in [1.807, 2.05) is 11.3 Å². The molecule has 0 amide bonds. The smallest absolute Gasteiger partial charge is 0.0619 e. The average Bonchev–Trinajstić information content (AvgIpc) is 3.92. The number of hydrogen-bond acceptors (Lipinski definition) is 2. The van der Waals surface area contributed by atoms with Crippen LogP contribution < -0.4 is 4.90 Å². The molecule has 0 aliphatic heterocycles. The van der Waals surface area contributed by atoms with Gasteiger partial charge in [-0.25, -0.2) is 0 Å². The highest BCUT2D eigenvalue weighted by atomic mass is 32.1. The fourth-order valence-corrected chi connectivity index (χ4v) is 12.3. The van der Waals surface area contributed by atoms with Gasteiger partial charge >= 0.3 is 0 Å². The molecule has 0 N–H and O–H groups in total. The Hall–Kier alpha value is -8.82. The fraction of sp³-hybridized carbons (Fsp3) is 0. The second kappa shape index (κ2) is 16.5. The van der Waals surface area contributed by atoms with Crippen LogP contribution in [0.25, 0.3) is 119 Å². The van der Waals surface area contributed by atoms with E-state index in [4.69, 9.17) is 0 Å². The molecule has 0 aliphatic rings. The zero-order valence-electron chi connectivity index (χ0n) is 38.2. The van der Waals surface area contributed by atoms with Crippen LogP contribution in [-0.4, -0.2) is 0 Å². The first-order valence-electron chi connectivity index (χ1n) is 24.1. The number of fused-ring (bicyclic) bond motifs is 7. The molecule has 0 radical (unpaired) electrons. The predicted octanol–water partition coefficient (Wildman–Crippen LogP) is 20.0. The topological polar surface area (TPSA) is 3.24 Å². The highest BCUT2D eigenvalue weighted by Crippen LogP contribution is 2.52. The maximum Gasteiger partial charge on any atom is 0.0619 e. The average molecular weight is 906 g/mol. The van der Waals surface area contributed by atoms with Gasteiger partial charge in [0.1, 0.15) is 0 Å². The molecule has 0 atom stereocenters. The third-order valence-electron chi connectivity index (χ3n) is 14.4. The van der Waals surface area contributed by atoms with E-state index in [0.717, 1.165) is 11.4 Å². The van der Waals surface area contributed by atoms with E-state index in [9.17, 15) is 0 Å². The van der Waals surface area contributed by atoms with E-state index in [1.165, 1.54) is 124 Å². The minimum atomic E-state index is 1.12. The molecule has 1 heterocycles. The number of hydrogen-bond donors (Lipinski definition) is 0. The second-order valence-corrected chi connectivity index (χ2v) is 19.4. The number of nitrogens with zero attached hydrogens (tertiary/aromatic N) is 1. The molecule has 0 bridgehead atoms. The van der Waals surface area contributed by atoms with Crippen molar-refractivity contribution in [2.75, 3.05) is 4.90 Å². The molecule has 0 spiro atoms. The van der Waals surface area contributed by atoms with Gasteiger partial charge in [0, 0.05) is 37.2 Å². The van der Waals surface area contributed by atoms with Crippen molar-refractivity contribution in [1.29, 1.82) is 0 Å². The molecular weight excluding hydrogens is 863 g/mol. The van der Waals surface area contributed by atoms with E-state index in [-0.39, 0.29) is 0 Å². The summed E-state index contributed by atoms with van der Waals surface area (Å²) < 4.78 is 0. The largest absolute Gasteiger partial charge is 0.309 e. The number of thiophene rings is 1. The number of rotatable bonds is 7. The van der Waals surface area contributed by atoms with Gasteiger partial charge in [0.15, 0.2) is 0 Å². The standard InChI is InChI=1S/C68H43NS/c1-2-23-52(24-3-1)69(62-32-16-22-46-19-8-9-25-53(46)62)68-59-30-14-12-28-56(59)67(57-29-13-15-31-60(57)68)64-40-39-63(70-64)49-37-38-58-61(43-49)66(51-36-34-45-18-5-7-21-48(45)42-51)55-27-11-10-26-54(55)65(58)50-35-33-44-17-4-6-20-47(44)41-50/h1-43H. The summed E-state index contributed by atoms with van der Waals surface area (Å²) in [6.07, 6.45) is 0. The van der Waals surface area contributed by atoms with Crippen molar-refractivity contribution >= 4 is 104 Å². The van der Waals surface area contributed by atoms with Crippen LogP contribution in [0, 0.1) is 0 Å². The Morgan fingerprint density at radius 3 is 1.30 bits per heavy atom. The van der Waals surface area contributed by atoms with E-state index in [1.54, 1.807) is 0 Å². The first-order valence-corrected chi connectivity index (χ1v) is 24.9. The summed E-state index contributed by atoms with van der Waals surface area (Å²) in [7, 11) is 0. The number of benzene rings is 13. The molecule has 0 saturated carbocycles. The van der Waals surface area contributed by atoms with Crippen molar-refractivity contribution in [3.05, 3.63) is 261 Å². The Bertz CT molecular complexity index is 4310. The molecule has 0 saturated heterocycles. The van der Waals surface area contributed by atoms with Crippen LogP contribution >= 0.6 is 11.3 Å². The Kier molecular flexibility index (Phi) is 9.46.